The van der Waals surface area contributed by atoms with E-state index in [1.165, 1.54) is 0 Å². The van der Waals surface area contributed by atoms with Gasteiger partial charge in [0.25, 0.3) is 0 Å². The topological polar surface area (TPSA) is 72.6 Å². The maximum absolute atomic E-state index is 12.4. The molecule has 1 aliphatic heterocycles. The number of benzene rings is 1. The van der Waals surface area contributed by atoms with Gasteiger partial charge in [-0.15, -0.1) is 0 Å². The van der Waals surface area contributed by atoms with Gasteiger partial charge >= 0.3 is 6.03 Å². The van der Waals surface area contributed by atoms with Crippen molar-refractivity contribution in [1.29, 1.82) is 0 Å². The molecule has 1 aromatic carbocycles. The number of nitrogens with zero attached hydrogens (tertiary/aromatic N) is 1. The van der Waals surface area contributed by atoms with Crippen LogP contribution < -0.4 is 5.73 Å². The van der Waals surface area contributed by atoms with E-state index in [9.17, 15) is 9.00 Å². The van der Waals surface area contributed by atoms with Crippen molar-refractivity contribution in [2.75, 3.05) is 26.0 Å². The molecular weight excluding hydrogens is 276 g/mol. The van der Waals surface area contributed by atoms with Crippen LogP contribution in [0.3, 0.4) is 0 Å². The van der Waals surface area contributed by atoms with Crippen LogP contribution in [-0.2, 0) is 15.5 Å². The van der Waals surface area contributed by atoms with Crippen LogP contribution in [-0.4, -0.2) is 46.7 Å². The van der Waals surface area contributed by atoms with Crippen LogP contribution in [0.4, 0.5) is 4.79 Å². The third-order valence-electron chi connectivity index (χ3n) is 3.82. The summed E-state index contributed by atoms with van der Waals surface area (Å²) < 4.78 is 18.0. The van der Waals surface area contributed by atoms with Crippen molar-refractivity contribution in [2.45, 2.75) is 23.3 Å². The summed E-state index contributed by atoms with van der Waals surface area (Å²) in [5.74, 6) is 0.445. The van der Waals surface area contributed by atoms with Gasteiger partial charge in [-0.1, -0.05) is 18.2 Å². The minimum Gasteiger partial charge on any atom is -0.377 e. The van der Waals surface area contributed by atoms with Crippen LogP contribution in [0.1, 0.15) is 12.8 Å². The lowest BCUT2D eigenvalue weighted by Gasteiger charge is -2.39. The second-order valence-corrected chi connectivity index (χ2v) is 6.47. The summed E-state index contributed by atoms with van der Waals surface area (Å²) >= 11 is 0. The number of likely N-dealkylation sites (tertiary alicyclic amines) is 1. The lowest BCUT2D eigenvalue weighted by atomic mass is 9.93. The van der Waals surface area contributed by atoms with E-state index in [1.807, 2.05) is 30.3 Å². The molecule has 2 rings (SSSR count). The van der Waals surface area contributed by atoms with Crippen LogP contribution in [0.2, 0.25) is 0 Å². The quantitative estimate of drug-likeness (QED) is 0.911. The molecule has 1 fully saturated rings. The zero-order valence-electron chi connectivity index (χ0n) is 11.6. The maximum Gasteiger partial charge on any atom is 0.314 e. The van der Waals surface area contributed by atoms with Gasteiger partial charge in [-0.25, -0.2) is 4.79 Å². The molecule has 20 heavy (non-hydrogen) atoms. The maximum atomic E-state index is 12.4. The molecule has 1 heterocycles. The molecule has 1 unspecified atom stereocenters. The Balaban J connectivity index is 2.03. The number of hydrogen-bond acceptors (Lipinski definition) is 3. The van der Waals surface area contributed by atoms with Gasteiger partial charge in [0.2, 0.25) is 0 Å². The van der Waals surface area contributed by atoms with Crippen LogP contribution in [0.5, 0.6) is 0 Å². The summed E-state index contributed by atoms with van der Waals surface area (Å²) in [4.78, 5) is 13.6. The average molecular weight is 296 g/mol. The first-order valence-electron chi connectivity index (χ1n) is 6.59. The van der Waals surface area contributed by atoms with E-state index < -0.39 is 22.4 Å². The predicted octanol–water partition coefficient (Wildman–Crippen LogP) is 1.35. The molecule has 1 aliphatic rings. The number of rotatable bonds is 4. The van der Waals surface area contributed by atoms with E-state index in [-0.39, 0.29) is 0 Å². The normalized spacial score (nSPS) is 19.6. The van der Waals surface area contributed by atoms with Gasteiger partial charge in [0, 0.05) is 25.1 Å². The first-order chi connectivity index (χ1) is 9.56. The molecule has 0 bridgehead atoms. The largest absolute Gasteiger partial charge is 0.377 e. The molecule has 0 spiro atoms. The number of carbonyl (C=O) groups is 1. The number of methoxy groups -OCH3 is 1. The van der Waals surface area contributed by atoms with Gasteiger partial charge in [-0.2, -0.15) is 0 Å². The Kier molecular flexibility index (Phi) is 4.77. The number of ether oxygens (including phenoxy) is 1. The van der Waals surface area contributed by atoms with E-state index in [0.29, 0.717) is 31.7 Å². The van der Waals surface area contributed by atoms with Crippen molar-refractivity contribution in [3.05, 3.63) is 30.3 Å². The minimum absolute atomic E-state index is 0.404. The standard InChI is InChI=1S/C14H20N2O3S/c1-19-14(7-9-16(10-8-14)13(15)17)11-20(18)12-5-3-2-4-6-12/h2-6H,7-11H2,1H3,(H2,15,17). The Hall–Kier alpha value is -1.40. The van der Waals surface area contributed by atoms with Crippen molar-refractivity contribution >= 4 is 16.8 Å². The highest BCUT2D eigenvalue weighted by Gasteiger charge is 2.37. The monoisotopic (exact) mass is 296 g/mol. The van der Waals surface area contributed by atoms with Gasteiger partial charge in [0.15, 0.2) is 0 Å². The van der Waals surface area contributed by atoms with Gasteiger partial charge in [-0.05, 0) is 25.0 Å². The molecule has 0 aliphatic carbocycles. The highest BCUT2D eigenvalue weighted by Crippen LogP contribution is 2.28. The van der Waals surface area contributed by atoms with E-state index in [4.69, 9.17) is 10.5 Å². The molecular formula is C14H20N2O3S. The SMILES string of the molecule is COC1(CS(=O)c2ccccc2)CCN(C(N)=O)CC1. The Morgan fingerprint density at radius 3 is 2.45 bits per heavy atom. The molecule has 0 aromatic heterocycles. The third-order valence-corrected chi connectivity index (χ3v) is 5.41. The molecule has 110 valence electrons. The number of carbonyl (C=O) groups excluding carboxylic acids is 1. The number of hydrogen-bond donors (Lipinski definition) is 1. The lowest BCUT2D eigenvalue weighted by molar-refractivity contribution is -0.0314. The Morgan fingerprint density at radius 2 is 1.95 bits per heavy atom. The van der Waals surface area contributed by atoms with Gasteiger partial charge in [0.05, 0.1) is 22.2 Å². The van der Waals surface area contributed by atoms with Crippen LogP contribution in [0.15, 0.2) is 35.2 Å². The Labute approximate surface area is 121 Å². The number of urea groups is 1. The van der Waals surface area contributed by atoms with Crippen LogP contribution in [0, 0.1) is 0 Å². The van der Waals surface area contributed by atoms with Crippen molar-refractivity contribution in [3.63, 3.8) is 0 Å². The Bertz CT molecular complexity index is 484. The summed E-state index contributed by atoms with van der Waals surface area (Å²) in [5, 5.41) is 0. The summed E-state index contributed by atoms with van der Waals surface area (Å²) in [5.41, 5.74) is 4.84. The predicted molar refractivity (Wildman–Crippen MR) is 77.8 cm³/mol. The summed E-state index contributed by atoms with van der Waals surface area (Å²) in [6.45, 7) is 1.10. The van der Waals surface area contributed by atoms with E-state index in [1.54, 1.807) is 12.0 Å². The van der Waals surface area contributed by atoms with Gasteiger partial charge < -0.3 is 15.4 Å². The molecule has 6 heteroatoms. The fraction of sp³-hybridized carbons (Fsp3) is 0.500. The number of nitrogens with two attached hydrogens (primary N) is 1. The zero-order valence-corrected chi connectivity index (χ0v) is 12.4. The highest BCUT2D eigenvalue weighted by atomic mass is 32.2. The average Bonchev–Trinajstić information content (AvgIpc) is 2.48. The molecule has 2 N–H and O–H groups in total. The summed E-state index contributed by atoms with van der Waals surface area (Å²) in [6.07, 6.45) is 1.32. The highest BCUT2D eigenvalue weighted by molar-refractivity contribution is 7.85. The first kappa shape index (κ1) is 15.0. The van der Waals surface area contributed by atoms with E-state index in [0.717, 1.165) is 4.90 Å². The van der Waals surface area contributed by atoms with Crippen molar-refractivity contribution < 1.29 is 13.7 Å². The molecule has 2 amide bonds. The third kappa shape index (κ3) is 3.37. The molecule has 0 saturated carbocycles. The van der Waals surface area contributed by atoms with Crippen LogP contribution in [0.25, 0.3) is 0 Å². The van der Waals surface area contributed by atoms with E-state index >= 15 is 0 Å². The smallest absolute Gasteiger partial charge is 0.314 e. The number of primary amides is 1. The summed E-state index contributed by atoms with van der Waals surface area (Å²) in [7, 11) is 0.539. The second-order valence-electron chi connectivity index (χ2n) is 5.02. The van der Waals surface area contributed by atoms with Gasteiger partial charge in [-0.3, -0.25) is 4.21 Å². The first-order valence-corrected chi connectivity index (χ1v) is 7.91. The molecule has 1 atom stereocenters. The summed E-state index contributed by atoms with van der Waals surface area (Å²) in [6, 6.07) is 8.97. The second kappa shape index (κ2) is 6.37. The number of amides is 2. The fourth-order valence-corrected chi connectivity index (χ4v) is 3.95. The molecule has 5 nitrogen and oxygen atoms in total. The molecule has 0 radical (unpaired) electrons. The fourth-order valence-electron chi connectivity index (χ4n) is 2.44. The zero-order chi connectivity index (χ0) is 14.6. The van der Waals surface area contributed by atoms with Crippen LogP contribution >= 0.6 is 0 Å². The lowest BCUT2D eigenvalue weighted by Crippen LogP contribution is -2.51. The van der Waals surface area contributed by atoms with E-state index in [2.05, 4.69) is 0 Å². The van der Waals surface area contributed by atoms with Crippen molar-refractivity contribution in [1.82, 2.24) is 4.90 Å². The minimum atomic E-state index is -1.10. The number of piperidine rings is 1. The Morgan fingerprint density at radius 1 is 1.35 bits per heavy atom. The van der Waals surface area contributed by atoms with Crippen molar-refractivity contribution in [2.24, 2.45) is 5.73 Å². The van der Waals surface area contributed by atoms with Crippen molar-refractivity contribution in [3.8, 4) is 0 Å². The molecule has 1 saturated heterocycles. The molecule has 1 aromatic rings. The van der Waals surface area contributed by atoms with Gasteiger partial charge in [0.1, 0.15) is 0 Å².